The van der Waals surface area contributed by atoms with E-state index in [1.165, 1.54) is 0 Å². The summed E-state index contributed by atoms with van der Waals surface area (Å²) in [5, 5.41) is 16.9. The van der Waals surface area contributed by atoms with E-state index in [2.05, 4.69) is 12.3 Å². The van der Waals surface area contributed by atoms with Crippen molar-refractivity contribution in [2.75, 3.05) is 6.54 Å². The molecule has 1 saturated heterocycles. The molecule has 3 nitrogen and oxygen atoms in total. The molecule has 52 valence electrons. The van der Waals surface area contributed by atoms with E-state index in [0.29, 0.717) is 6.42 Å². The van der Waals surface area contributed by atoms with E-state index in [0.717, 1.165) is 19.4 Å². The number of nitriles is 2. The van der Waals surface area contributed by atoms with Gasteiger partial charge in [-0.05, 0) is 12.8 Å². The number of nitrogens with zero attached hydrogens (tertiary/aromatic N) is 3. The minimum absolute atomic E-state index is 0.204. The third-order valence-electron chi connectivity index (χ3n) is 1.83. The minimum Gasteiger partial charge on any atom is -0.307 e. The Labute approximate surface area is 60.5 Å². The molecule has 0 saturated carbocycles. The fourth-order valence-corrected chi connectivity index (χ4v) is 1.28. The van der Waals surface area contributed by atoms with Crippen LogP contribution in [0.15, 0.2) is 0 Å². The van der Waals surface area contributed by atoms with Gasteiger partial charge in [-0.25, -0.2) is 0 Å². The van der Waals surface area contributed by atoms with Crippen LogP contribution in [0.1, 0.15) is 19.3 Å². The number of likely N-dealkylation sites (tertiary alicyclic amines) is 1. The number of hydrogen-bond donors (Lipinski definition) is 0. The summed E-state index contributed by atoms with van der Waals surface area (Å²) in [7, 11) is 0. The van der Waals surface area contributed by atoms with Crippen LogP contribution in [0.25, 0.3) is 0 Å². The molecular weight excluding hydrogens is 126 g/mol. The van der Waals surface area contributed by atoms with Gasteiger partial charge in [-0.1, -0.05) is 0 Å². The highest BCUT2D eigenvalue weighted by atomic mass is 15.2. The third-order valence-corrected chi connectivity index (χ3v) is 1.83. The first-order valence-corrected chi connectivity index (χ1v) is 3.42. The Morgan fingerprint density at radius 2 is 2.30 bits per heavy atom. The third kappa shape index (κ3) is 1.19. The lowest BCUT2D eigenvalue weighted by Gasteiger charge is -2.13. The van der Waals surface area contributed by atoms with Crippen molar-refractivity contribution in [2.24, 2.45) is 0 Å². The lowest BCUT2D eigenvalue weighted by Crippen LogP contribution is -2.23. The Morgan fingerprint density at radius 1 is 1.50 bits per heavy atom. The molecule has 0 amide bonds. The smallest absolute Gasteiger partial charge is 0.179 e. The van der Waals surface area contributed by atoms with Crippen molar-refractivity contribution in [1.82, 2.24) is 4.90 Å². The first-order chi connectivity index (χ1) is 4.88. The summed E-state index contributed by atoms with van der Waals surface area (Å²) in [6.45, 7) is 0.836. The highest BCUT2D eigenvalue weighted by Crippen LogP contribution is 2.17. The molecule has 1 aliphatic heterocycles. The summed E-state index contributed by atoms with van der Waals surface area (Å²) in [6, 6.07) is 2.28. The predicted molar refractivity (Wildman–Crippen MR) is 35.6 cm³/mol. The van der Waals surface area contributed by atoms with Gasteiger partial charge in [0, 0.05) is 6.54 Å². The summed E-state index contributed by atoms with van der Waals surface area (Å²) in [4.78, 5) is 1.70. The zero-order valence-corrected chi connectivity index (χ0v) is 5.75. The van der Waals surface area contributed by atoms with Crippen LogP contribution in [0.3, 0.4) is 0 Å². The van der Waals surface area contributed by atoms with E-state index in [1.54, 1.807) is 4.90 Å². The highest BCUT2D eigenvalue weighted by Gasteiger charge is 2.22. The Bertz CT molecular complexity index is 186. The Hall–Kier alpha value is -1.22. The average Bonchev–Trinajstić information content (AvgIpc) is 2.36. The van der Waals surface area contributed by atoms with E-state index in [1.807, 2.05) is 0 Å². The second-order valence-electron chi connectivity index (χ2n) is 2.45. The van der Waals surface area contributed by atoms with Gasteiger partial charge in [-0.15, -0.1) is 0 Å². The molecule has 0 aromatic heterocycles. The molecular formula is C7H9N3. The van der Waals surface area contributed by atoms with Crippen molar-refractivity contribution < 1.29 is 0 Å². The van der Waals surface area contributed by atoms with Crippen molar-refractivity contribution in [2.45, 2.75) is 25.3 Å². The Balaban J connectivity index is 2.46. The van der Waals surface area contributed by atoms with Crippen LogP contribution in [0.2, 0.25) is 0 Å². The molecule has 1 rings (SSSR count). The molecule has 1 heterocycles. The first kappa shape index (κ1) is 6.89. The molecule has 0 unspecified atom stereocenters. The average molecular weight is 135 g/mol. The van der Waals surface area contributed by atoms with Crippen molar-refractivity contribution in [3.05, 3.63) is 0 Å². The van der Waals surface area contributed by atoms with Crippen LogP contribution >= 0.6 is 0 Å². The molecule has 0 bridgehead atoms. The summed E-state index contributed by atoms with van der Waals surface area (Å²) in [6.07, 6.45) is 4.63. The van der Waals surface area contributed by atoms with E-state index in [9.17, 15) is 0 Å². The standard InChI is InChI=1S/C7H9N3/c8-4-3-7-2-1-5-10(7)6-9/h7H,1-3,5H2/t7-/m1/s1. The van der Waals surface area contributed by atoms with E-state index in [4.69, 9.17) is 10.5 Å². The highest BCUT2D eigenvalue weighted by molar-refractivity contribution is 4.92. The van der Waals surface area contributed by atoms with Crippen molar-refractivity contribution in [3.63, 3.8) is 0 Å². The van der Waals surface area contributed by atoms with Crippen LogP contribution < -0.4 is 0 Å². The SMILES string of the molecule is N#CC[C@H]1CCCN1C#N. The summed E-state index contributed by atoms with van der Waals surface area (Å²) in [5.41, 5.74) is 0. The summed E-state index contributed by atoms with van der Waals surface area (Å²) >= 11 is 0. The van der Waals surface area contributed by atoms with Crippen LogP contribution in [0.5, 0.6) is 0 Å². The predicted octanol–water partition coefficient (Wildman–Crippen LogP) is 0.846. The lowest BCUT2D eigenvalue weighted by molar-refractivity contribution is 0.369. The van der Waals surface area contributed by atoms with Gasteiger partial charge < -0.3 is 4.90 Å². The number of rotatable bonds is 1. The fraction of sp³-hybridized carbons (Fsp3) is 0.714. The van der Waals surface area contributed by atoms with Gasteiger partial charge in [0.15, 0.2) is 6.19 Å². The molecule has 0 aromatic carbocycles. The van der Waals surface area contributed by atoms with Crippen LogP contribution in [-0.2, 0) is 0 Å². The monoisotopic (exact) mass is 135 g/mol. The fourth-order valence-electron chi connectivity index (χ4n) is 1.28. The molecule has 0 radical (unpaired) electrons. The summed E-state index contributed by atoms with van der Waals surface area (Å²) in [5.74, 6) is 0. The molecule has 0 N–H and O–H groups in total. The van der Waals surface area contributed by atoms with Crippen molar-refractivity contribution in [1.29, 1.82) is 10.5 Å². The van der Waals surface area contributed by atoms with Gasteiger partial charge >= 0.3 is 0 Å². The maximum atomic E-state index is 8.53. The lowest BCUT2D eigenvalue weighted by atomic mass is 10.2. The molecule has 1 fully saturated rings. The molecule has 0 aliphatic carbocycles. The summed E-state index contributed by atoms with van der Waals surface area (Å²) < 4.78 is 0. The maximum Gasteiger partial charge on any atom is 0.179 e. The van der Waals surface area contributed by atoms with Gasteiger partial charge in [-0.2, -0.15) is 10.5 Å². The zero-order chi connectivity index (χ0) is 7.40. The molecule has 0 spiro atoms. The normalized spacial score (nSPS) is 23.8. The van der Waals surface area contributed by atoms with Gasteiger partial charge in [0.2, 0.25) is 0 Å². The molecule has 0 aromatic rings. The largest absolute Gasteiger partial charge is 0.307 e. The quantitative estimate of drug-likeness (QED) is 0.501. The van der Waals surface area contributed by atoms with E-state index in [-0.39, 0.29) is 6.04 Å². The zero-order valence-electron chi connectivity index (χ0n) is 5.75. The first-order valence-electron chi connectivity index (χ1n) is 3.42. The van der Waals surface area contributed by atoms with Gasteiger partial charge in [0.25, 0.3) is 0 Å². The topological polar surface area (TPSA) is 50.8 Å². The minimum atomic E-state index is 0.204. The Morgan fingerprint density at radius 3 is 2.90 bits per heavy atom. The second kappa shape index (κ2) is 3.08. The van der Waals surface area contributed by atoms with Crippen LogP contribution in [0, 0.1) is 22.8 Å². The molecule has 3 heteroatoms. The van der Waals surface area contributed by atoms with Crippen LogP contribution in [0.4, 0.5) is 0 Å². The van der Waals surface area contributed by atoms with E-state index < -0.39 is 0 Å². The molecule has 1 atom stereocenters. The molecule has 10 heavy (non-hydrogen) atoms. The van der Waals surface area contributed by atoms with Gasteiger partial charge in [0.1, 0.15) is 0 Å². The maximum absolute atomic E-state index is 8.53. The Kier molecular flexibility index (Phi) is 2.12. The van der Waals surface area contributed by atoms with Gasteiger partial charge in [-0.3, -0.25) is 0 Å². The van der Waals surface area contributed by atoms with Crippen molar-refractivity contribution in [3.8, 4) is 12.3 Å². The van der Waals surface area contributed by atoms with Gasteiger partial charge in [0.05, 0.1) is 18.5 Å². The van der Waals surface area contributed by atoms with Crippen LogP contribution in [-0.4, -0.2) is 17.5 Å². The van der Waals surface area contributed by atoms with E-state index >= 15 is 0 Å². The molecule has 1 aliphatic rings. The van der Waals surface area contributed by atoms with Crippen molar-refractivity contribution >= 4 is 0 Å². The number of hydrogen-bond acceptors (Lipinski definition) is 3. The second-order valence-corrected chi connectivity index (χ2v) is 2.45.